The van der Waals surface area contributed by atoms with Gasteiger partial charge in [-0.2, -0.15) is 0 Å². The monoisotopic (exact) mass is 202 g/mol. The van der Waals surface area contributed by atoms with E-state index in [2.05, 4.69) is 6.92 Å². The molecule has 84 valence electrons. The van der Waals surface area contributed by atoms with Gasteiger partial charge >= 0.3 is 0 Å². The van der Waals surface area contributed by atoms with Crippen molar-refractivity contribution >= 4 is 0 Å². The van der Waals surface area contributed by atoms with Crippen LogP contribution in [-0.2, 0) is 9.78 Å². The maximum absolute atomic E-state index is 6.07. The van der Waals surface area contributed by atoms with Crippen LogP contribution >= 0.6 is 0 Å². The first-order valence-corrected chi connectivity index (χ1v) is 5.34. The molecule has 1 heterocycles. The van der Waals surface area contributed by atoms with Crippen molar-refractivity contribution in [3.05, 3.63) is 0 Å². The van der Waals surface area contributed by atoms with Crippen LogP contribution in [0.5, 0.6) is 0 Å². The number of rotatable bonds is 3. The summed E-state index contributed by atoms with van der Waals surface area (Å²) >= 11 is 0. The van der Waals surface area contributed by atoms with E-state index >= 15 is 0 Å². The Kier molecular flexibility index (Phi) is 3.89. The molecule has 4 unspecified atom stereocenters. The molecular weight excluding hydrogens is 180 g/mol. The third kappa shape index (κ3) is 2.08. The molecule has 0 aromatic carbocycles. The molecule has 0 aromatic heterocycles. The van der Waals surface area contributed by atoms with Crippen LogP contribution in [0.1, 0.15) is 33.6 Å². The van der Waals surface area contributed by atoms with Crippen molar-refractivity contribution in [2.75, 3.05) is 6.61 Å². The standard InChI is InChI=1S/C10H22N2O2/c1-4-9(12)8-5-6-13-14-10(8,3)7(2)11/h7-9H,4-6,11-12H2,1-3H3. The van der Waals surface area contributed by atoms with E-state index in [4.69, 9.17) is 21.2 Å². The molecule has 0 bridgehead atoms. The molecule has 4 heteroatoms. The molecule has 0 radical (unpaired) electrons. The van der Waals surface area contributed by atoms with Crippen molar-refractivity contribution in [1.29, 1.82) is 0 Å². The van der Waals surface area contributed by atoms with Crippen LogP contribution < -0.4 is 11.5 Å². The molecule has 1 aliphatic rings. The van der Waals surface area contributed by atoms with Gasteiger partial charge in [-0.25, -0.2) is 9.78 Å². The van der Waals surface area contributed by atoms with Gasteiger partial charge < -0.3 is 11.5 Å². The van der Waals surface area contributed by atoms with E-state index < -0.39 is 5.60 Å². The highest BCUT2D eigenvalue weighted by atomic mass is 17.2. The Labute approximate surface area is 85.9 Å². The highest BCUT2D eigenvalue weighted by Gasteiger charge is 2.45. The fourth-order valence-electron chi connectivity index (χ4n) is 2.03. The molecule has 4 atom stereocenters. The Morgan fingerprint density at radius 1 is 1.50 bits per heavy atom. The summed E-state index contributed by atoms with van der Waals surface area (Å²) in [5.74, 6) is 0.279. The first-order valence-electron chi connectivity index (χ1n) is 5.34. The second-order valence-electron chi connectivity index (χ2n) is 4.35. The molecule has 1 fully saturated rings. The molecule has 0 spiro atoms. The fourth-order valence-corrected chi connectivity index (χ4v) is 2.03. The van der Waals surface area contributed by atoms with Crippen LogP contribution in [-0.4, -0.2) is 24.3 Å². The predicted molar refractivity (Wildman–Crippen MR) is 55.5 cm³/mol. The third-order valence-electron chi connectivity index (χ3n) is 3.38. The molecule has 0 aromatic rings. The lowest BCUT2D eigenvalue weighted by Crippen LogP contribution is -2.58. The first kappa shape index (κ1) is 11.9. The summed E-state index contributed by atoms with van der Waals surface area (Å²) in [5, 5.41) is 0. The van der Waals surface area contributed by atoms with Gasteiger partial charge in [-0.05, 0) is 26.7 Å². The normalized spacial score (nSPS) is 37.9. The zero-order chi connectivity index (χ0) is 10.8. The van der Waals surface area contributed by atoms with Crippen LogP contribution in [0.3, 0.4) is 0 Å². The summed E-state index contributed by atoms with van der Waals surface area (Å²) in [6.45, 7) is 6.61. The molecular formula is C10H22N2O2. The smallest absolute Gasteiger partial charge is 0.120 e. The van der Waals surface area contributed by atoms with Crippen molar-refractivity contribution in [2.45, 2.75) is 51.3 Å². The Bertz CT molecular complexity index is 187. The van der Waals surface area contributed by atoms with Crippen molar-refractivity contribution < 1.29 is 9.78 Å². The van der Waals surface area contributed by atoms with Crippen molar-refractivity contribution in [3.8, 4) is 0 Å². The average Bonchev–Trinajstić information content (AvgIpc) is 2.17. The van der Waals surface area contributed by atoms with Gasteiger partial charge in [0.05, 0.1) is 6.61 Å². The SMILES string of the molecule is CCC(N)C1CCOOC1(C)C(C)N. The Morgan fingerprint density at radius 2 is 2.14 bits per heavy atom. The minimum atomic E-state index is -0.451. The average molecular weight is 202 g/mol. The maximum Gasteiger partial charge on any atom is 0.120 e. The number of nitrogens with two attached hydrogens (primary N) is 2. The van der Waals surface area contributed by atoms with E-state index in [1.54, 1.807) is 0 Å². The summed E-state index contributed by atoms with van der Waals surface area (Å²) in [4.78, 5) is 10.4. The predicted octanol–water partition coefficient (Wildman–Crippen LogP) is 0.798. The summed E-state index contributed by atoms with van der Waals surface area (Å²) in [5.41, 5.74) is 11.5. The van der Waals surface area contributed by atoms with Gasteiger partial charge in [-0.1, -0.05) is 6.92 Å². The second-order valence-corrected chi connectivity index (χ2v) is 4.35. The van der Waals surface area contributed by atoms with Gasteiger partial charge in [0.2, 0.25) is 0 Å². The van der Waals surface area contributed by atoms with Crippen LogP contribution in [0.25, 0.3) is 0 Å². The van der Waals surface area contributed by atoms with E-state index in [9.17, 15) is 0 Å². The zero-order valence-corrected chi connectivity index (χ0v) is 9.32. The third-order valence-corrected chi connectivity index (χ3v) is 3.38. The van der Waals surface area contributed by atoms with Crippen molar-refractivity contribution in [2.24, 2.45) is 17.4 Å². The number of hydrogen-bond donors (Lipinski definition) is 2. The van der Waals surface area contributed by atoms with E-state index in [0.717, 1.165) is 12.8 Å². The summed E-state index contributed by atoms with van der Waals surface area (Å²) in [6, 6.07) is 0.0558. The first-order chi connectivity index (χ1) is 6.52. The lowest BCUT2D eigenvalue weighted by atomic mass is 9.76. The van der Waals surface area contributed by atoms with Gasteiger partial charge in [0.1, 0.15) is 5.60 Å². The molecule has 4 nitrogen and oxygen atoms in total. The van der Waals surface area contributed by atoms with E-state index in [1.807, 2.05) is 13.8 Å². The van der Waals surface area contributed by atoms with Gasteiger partial charge in [0.15, 0.2) is 0 Å². The van der Waals surface area contributed by atoms with E-state index in [-0.39, 0.29) is 18.0 Å². The highest BCUT2D eigenvalue weighted by Crippen LogP contribution is 2.34. The van der Waals surface area contributed by atoms with Gasteiger partial charge in [0.25, 0.3) is 0 Å². The van der Waals surface area contributed by atoms with E-state index in [0.29, 0.717) is 6.61 Å². The van der Waals surface area contributed by atoms with Crippen LogP contribution in [0, 0.1) is 5.92 Å². The molecule has 4 N–H and O–H groups in total. The molecule has 1 aliphatic heterocycles. The molecule has 0 aliphatic carbocycles. The summed E-state index contributed by atoms with van der Waals surface area (Å²) in [7, 11) is 0. The zero-order valence-electron chi connectivity index (χ0n) is 9.32. The summed E-state index contributed by atoms with van der Waals surface area (Å²) in [6.07, 6.45) is 1.86. The topological polar surface area (TPSA) is 70.5 Å². The quantitative estimate of drug-likeness (QED) is 0.664. The van der Waals surface area contributed by atoms with Crippen molar-refractivity contribution in [1.82, 2.24) is 0 Å². The lowest BCUT2D eigenvalue weighted by molar-refractivity contribution is -0.399. The van der Waals surface area contributed by atoms with Crippen LogP contribution in [0.4, 0.5) is 0 Å². The Balaban J connectivity index is 2.77. The van der Waals surface area contributed by atoms with Crippen LogP contribution in [0.15, 0.2) is 0 Å². The molecule has 14 heavy (non-hydrogen) atoms. The van der Waals surface area contributed by atoms with Crippen LogP contribution in [0.2, 0.25) is 0 Å². The fraction of sp³-hybridized carbons (Fsp3) is 1.00. The van der Waals surface area contributed by atoms with Crippen molar-refractivity contribution in [3.63, 3.8) is 0 Å². The van der Waals surface area contributed by atoms with Gasteiger partial charge in [0, 0.05) is 18.0 Å². The largest absolute Gasteiger partial charge is 0.327 e. The molecule has 0 saturated carbocycles. The highest BCUT2D eigenvalue weighted by molar-refractivity contribution is 4.95. The summed E-state index contributed by atoms with van der Waals surface area (Å²) < 4.78 is 0. The Morgan fingerprint density at radius 3 is 2.64 bits per heavy atom. The van der Waals surface area contributed by atoms with E-state index in [1.165, 1.54) is 0 Å². The van der Waals surface area contributed by atoms with Gasteiger partial charge in [-0.15, -0.1) is 0 Å². The molecule has 1 saturated heterocycles. The maximum atomic E-state index is 6.07. The minimum Gasteiger partial charge on any atom is -0.327 e. The lowest BCUT2D eigenvalue weighted by Gasteiger charge is -2.44. The molecule has 0 amide bonds. The second kappa shape index (κ2) is 4.57. The van der Waals surface area contributed by atoms with Gasteiger partial charge in [-0.3, -0.25) is 0 Å². The Hall–Kier alpha value is -0.160. The molecule has 1 rings (SSSR count). The minimum absolute atomic E-state index is 0.0783. The number of hydrogen-bond acceptors (Lipinski definition) is 4.